The molecule has 4 nitrogen and oxygen atoms in total. The molecule has 0 aromatic rings. The van der Waals surface area contributed by atoms with Crippen LogP contribution < -0.4 is 0 Å². The molecular formula is C27H50O4. The second-order valence-electron chi connectivity index (χ2n) is 9.43. The summed E-state index contributed by atoms with van der Waals surface area (Å²) in [5.41, 5.74) is 0. The normalized spacial score (nSPS) is 18.6. The van der Waals surface area contributed by atoms with E-state index < -0.39 is 0 Å². The Bertz CT molecular complexity index is 449. The van der Waals surface area contributed by atoms with E-state index in [0.29, 0.717) is 13.2 Å². The number of ether oxygens (including phenoxy) is 2. The highest BCUT2D eigenvalue weighted by Gasteiger charge is 2.37. The van der Waals surface area contributed by atoms with Gasteiger partial charge in [-0.05, 0) is 25.7 Å². The minimum atomic E-state index is -0.301. The van der Waals surface area contributed by atoms with Crippen LogP contribution in [-0.4, -0.2) is 25.2 Å². The van der Waals surface area contributed by atoms with Crippen LogP contribution in [-0.2, 0) is 19.1 Å². The Kier molecular flexibility index (Phi) is 17.7. The molecule has 2 unspecified atom stereocenters. The zero-order valence-electron chi connectivity index (χ0n) is 20.6. The summed E-state index contributed by atoms with van der Waals surface area (Å²) >= 11 is 0. The topological polar surface area (TPSA) is 52.6 Å². The van der Waals surface area contributed by atoms with Gasteiger partial charge in [-0.1, -0.05) is 110 Å². The highest BCUT2D eigenvalue weighted by molar-refractivity contribution is 5.82. The highest BCUT2D eigenvalue weighted by atomic mass is 16.5. The van der Waals surface area contributed by atoms with Crippen molar-refractivity contribution in [3.63, 3.8) is 0 Å². The Morgan fingerprint density at radius 2 is 0.903 bits per heavy atom. The fraction of sp³-hybridized carbons (Fsp3) is 0.926. The van der Waals surface area contributed by atoms with Gasteiger partial charge in [0.1, 0.15) is 0 Å². The van der Waals surface area contributed by atoms with E-state index in [1.54, 1.807) is 0 Å². The molecule has 0 saturated heterocycles. The molecule has 1 aliphatic carbocycles. The van der Waals surface area contributed by atoms with Crippen LogP contribution in [0.25, 0.3) is 0 Å². The number of carbonyl (C=O) groups excluding carboxylic acids is 2. The van der Waals surface area contributed by atoms with Crippen molar-refractivity contribution >= 4 is 11.9 Å². The van der Waals surface area contributed by atoms with E-state index in [-0.39, 0.29) is 23.8 Å². The van der Waals surface area contributed by atoms with Crippen molar-refractivity contribution in [2.24, 2.45) is 11.8 Å². The zero-order valence-corrected chi connectivity index (χ0v) is 20.6. The molecule has 0 spiro atoms. The number of esters is 2. The Morgan fingerprint density at radius 3 is 1.32 bits per heavy atom. The quantitative estimate of drug-likeness (QED) is 0.153. The van der Waals surface area contributed by atoms with Gasteiger partial charge in [0.25, 0.3) is 0 Å². The van der Waals surface area contributed by atoms with Crippen LogP contribution in [0.2, 0.25) is 0 Å². The van der Waals surface area contributed by atoms with E-state index in [4.69, 9.17) is 9.47 Å². The minimum Gasteiger partial charge on any atom is -0.465 e. The summed E-state index contributed by atoms with van der Waals surface area (Å²) in [4.78, 5) is 24.9. The first-order valence-electron chi connectivity index (χ1n) is 13.5. The van der Waals surface area contributed by atoms with Gasteiger partial charge in [0.15, 0.2) is 0 Å². The molecule has 0 bridgehead atoms. The van der Waals surface area contributed by atoms with E-state index in [1.165, 1.54) is 70.6 Å². The summed E-state index contributed by atoms with van der Waals surface area (Å²) in [6, 6.07) is 0. The number of rotatable bonds is 19. The Balaban J connectivity index is 2.03. The molecule has 2 atom stereocenters. The molecule has 1 fully saturated rings. The first-order chi connectivity index (χ1) is 15.2. The van der Waals surface area contributed by atoms with Gasteiger partial charge in [0, 0.05) is 0 Å². The smallest absolute Gasteiger partial charge is 0.309 e. The van der Waals surface area contributed by atoms with Crippen LogP contribution in [0.1, 0.15) is 136 Å². The van der Waals surface area contributed by atoms with Crippen LogP contribution >= 0.6 is 0 Å². The monoisotopic (exact) mass is 438 g/mol. The van der Waals surface area contributed by atoms with Crippen LogP contribution in [0.4, 0.5) is 0 Å². The lowest BCUT2D eigenvalue weighted by atomic mass is 9.79. The summed E-state index contributed by atoms with van der Waals surface area (Å²) in [6.07, 6.45) is 22.4. The van der Waals surface area contributed by atoms with Gasteiger partial charge in [-0.25, -0.2) is 0 Å². The Labute approximate surface area is 192 Å². The van der Waals surface area contributed by atoms with Crippen molar-refractivity contribution in [1.29, 1.82) is 0 Å². The Morgan fingerprint density at radius 1 is 0.548 bits per heavy atom. The lowest BCUT2D eigenvalue weighted by Crippen LogP contribution is -2.35. The fourth-order valence-corrected chi connectivity index (χ4v) is 4.52. The maximum atomic E-state index is 12.5. The zero-order chi connectivity index (χ0) is 22.6. The molecule has 1 rings (SSSR count). The predicted octanol–water partition coefficient (Wildman–Crippen LogP) is 7.77. The Hall–Kier alpha value is -1.06. The third-order valence-corrected chi connectivity index (χ3v) is 6.61. The number of hydrogen-bond acceptors (Lipinski definition) is 4. The van der Waals surface area contributed by atoms with Gasteiger partial charge in [-0.2, -0.15) is 0 Å². The molecule has 0 amide bonds. The molecule has 4 heteroatoms. The van der Waals surface area contributed by atoms with Gasteiger partial charge in [-0.3, -0.25) is 9.59 Å². The van der Waals surface area contributed by atoms with E-state index in [0.717, 1.165) is 51.4 Å². The third kappa shape index (κ3) is 13.9. The molecule has 1 saturated carbocycles. The van der Waals surface area contributed by atoms with Crippen molar-refractivity contribution in [3.05, 3.63) is 0 Å². The highest BCUT2D eigenvalue weighted by Crippen LogP contribution is 2.32. The van der Waals surface area contributed by atoms with Crippen molar-refractivity contribution in [1.82, 2.24) is 0 Å². The molecule has 0 aromatic carbocycles. The van der Waals surface area contributed by atoms with E-state index in [1.807, 2.05) is 0 Å². The van der Waals surface area contributed by atoms with E-state index in [2.05, 4.69) is 13.8 Å². The fourth-order valence-electron chi connectivity index (χ4n) is 4.52. The van der Waals surface area contributed by atoms with Gasteiger partial charge in [-0.15, -0.1) is 0 Å². The lowest BCUT2D eigenvalue weighted by molar-refractivity contribution is -0.163. The maximum Gasteiger partial charge on any atom is 0.309 e. The number of carbonyl (C=O) groups is 2. The van der Waals surface area contributed by atoms with Gasteiger partial charge in [0.05, 0.1) is 25.0 Å². The summed E-state index contributed by atoms with van der Waals surface area (Å²) in [7, 11) is 0. The summed E-state index contributed by atoms with van der Waals surface area (Å²) in [6.45, 7) is 5.30. The molecule has 182 valence electrons. The molecule has 0 radical (unpaired) electrons. The largest absolute Gasteiger partial charge is 0.465 e. The van der Waals surface area contributed by atoms with Gasteiger partial charge < -0.3 is 9.47 Å². The molecule has 0 aliphatic heterocycles. The SMILES string of the molecule is CCCCCCCCCCCCCCCOC(=O)C1CCCCC1C(=O)OCCCC. The van der Waals surface area contributed by atoms with E-state index in [9.17, 15) is 9.59 Å². The number of unbranched alkanes of at least 4 members (excludes halogenated alkanes) is 13. The average Bonchev–Trinajstić information content (AvgIpc) is 2.79. The molecule has 0 N–H and O–H groups in total. The van der Waals surface area contributed by atoms with Crippen LogP contribution in [0.3, 0.4) is 0 Å². The van der Waals surface area contributed by atoms with Crippen LogP contribution in [0.5, 0.6) is 0 Å². The van der Waals surface area contributed by atoms with Crippen molar-refractivity contribution in [3.8, 4) is 0 Å². The average molecular weight is 439 g/mol. The molecule has 1 aliphatic rings. The summed E-state index contributed by atoms with van der Waals surface area (Å²) in [5.74, 6) is -0.985. The lowest BCUT2D eigenvalue weighted by Gasteiger charge is -2.28. The molecular weight excluding hydrogens is 388 g/mol. The summed E-state index contributed by atoms with van der Waals surface area (Å²) in [5, 5.41) is 0. The van der Waals surface area contributed by atoms with Crippen LogP contribution in [0, 0.1) is 11.8 Å². The maximum absolute atomic E-state index is 12.5. The van der Waals surface area contributed by atoms with Crippen LogP contribution in [0.15, 0.2) is 0 Å². The summed E-state index contributed by atoms with van der Waals surface area (Å²) < 4.78 is 10.9. The first kappa shape index (κ1) is 28.0. The van der Waals surface area contributed by atoms with Crippen molar-refractivity contribution in [2.45, 2.75) is 136 Å². The standard InChI is InChI=1S/C27H50O4/c1-3-5-7-8-9-10-11-12-13-14-15-16-19-23-31-27(29)25-21-18-17-20-24(25)26(28)30-22-6-4-2/h24-25H,3-23H2,1-2H3. The number of hydrogen-bond donors (Lipinski definition) is 0. The van der Waals surface area contributed by atoms with Crippen molar-refractivity contribution in [2.75, 3.05) is 13.2 Å². The predicted molar refractivity (Wildman–Crippen MR) is 128 cm³/mol. The molecule has 0 heterocycles. The van der Waals surface area contributed by atoms with Gasteiger partial charge >= 0.3 is 11.9 Å². The second kappa shape index (κ2) is 19.6. The third-order valence-electron chi connectivity index (χ3n) is 6.61. The first-order valence-corrected chi connectivity index (χ1v) is 13.5. The van der Waals surface area contributed by atoms with E-state index >= 15 is 0 Å². The van der Waals surface area contributed by atoms with Gasteiger partial charge in [0.2, 0.25) is 0 Å². The molecule has 31 heavy (non-hydrogen) atoms. The molecule has 0 aromatic heterocycles. The van der Waals surface area contributed by atoms with Crippen molar-refractivity contribution < 1.29 is 19.1 Å². The second-order valence-corrected chi connectivity index (χ2v) is 9.43. The minimum absolute atomic E-state index is 0.184.